The van der Waals surface area contributed by atoms with E-state index in [-0.39, 0.29) is 11.0 Å². The quantitative estimate of drug-likeness (QED) is 0.534. The van der Waals surface area contributed by atoms with Crippen molar-refractivity contribution in [3.63, 3.8) is 0 Å². The Morgan fingerprint density at radius 1 is 1.12 bits per heavy atom. The number of benzene rings is 2. The fraction of sp³-hybridized carbons (Fsp3) is 0.263. The van der Waals surface area contributed by atoms with E-state index in [1.807, 2.05) is 38.1 Å². The zero-order valence-electron chi connectivity index (χ0n) is 15.0. The maximum atomic E-state index is 12.1. The molecule has 1 amide bonds. The Bertz CT molecular complexity index is 750. The van der Waals surface area contributed by atoms with Gasteiger partial charge in [-0.2, -0.15) is 0 Å². The molecule has 0 saturated carbocycles. The minimum absolute atomic E-state index is 0.289. The average molecular weight is 373 g/mol. The summed E-state index contributed by atoms with van der Waals surface area (Å²) in [7, 11) is 0. The van der Waals surface area contributed by atoms with Gasteiger partial charge in [0.25, 0.3) is 5.91 Å². The monoisotopic (exact) mass is 373 g/mol. The molecule has 0 unspecified atom stereocenters. The summed E-state index contributed by atoms with van der Waals surface area (Å²) in [6.45, 7) is 6.16. The highest BCUT2D eigenvalue weighted by Gasteiger charge is 2.14. The Morgan fingerprint density at radius 2 is 1.81 bits per heavy atom. The van der Waals surface area contributed by atoms with Gasteiger partial charge in [-0.15, -0.1) is 0 Å². The predicted octanol–water partition coefficient (Wildman–Crippen LogP) is 3.18. The molecule has 0 bridgehead atoms. The zero-order valence-corrected chi connectivity index (χ0v) is 15.9. The molecule has 138 valence electrons. The van der Waals surface area contributed by atoms with E-state index in [1.54, 1.807) is 31.2 Å². The van der Waals surface area contributed by atoms with Crippen LogP contribution in [0.5, 0.6) is 11.5 Å². The van der Waals surface area contributed by atoms with Gasteiger partial charge in [0.15, 0.2) is 11.2 Å². The van der Waals surface area contributed by atoms with Crippen molar-refractivity contribution in [2.75, 3.05) is 11.9 Å². The van der Waals surface area contributed by atoms with Crippen LogP contribution in [0, 0.1) is 6.92 Å². The summed E-state index contributed by atoms with van der Waals surface area (Å²) in [5, 5.41) is 3.28. The van der Waals surface area contributed by atoms with Crippen molar-refractivity contribution in [1.82, 2.24) is 10.9 Å². The van der Waals surface area contributed by atoms with Crippen LogP contribution in [0.3, 0.4) is 0 Å². The number of rotatable bonds is 6. The molecule has 0 saturated heterocycles. The van der Waals surface area contributed by atoms with Crippen molar-refractivity contribution in [1.29, 1.82) is 0 Å². The van der Waals surface area contributed by atoms with Crippen LogP contribution in [-0.2, 0) is 4.79 Å². The molecule has 0 aliphatic heterocycles. The van der Waals surface area contributed by atoms with E-state index in [0.717, 1.165) is 17.0 Å². The second kappa shape index (κ2) is 9.62. The molecule has 0 aliphatic rings. The Hall–Kier alpha value is -2.80. The first-order valence-corrected chi connectivity index (χ1v) is 8.71. The number of hydrazine groups is 1. The van der Waals surface area contributed by atoms with Crippen molar-refractivity contribution in [2.45, 2.75) is 26.9 Å². The van der Waals surface area contributed by atoms with Gasteiger partial charge in [-0.3, -0.25) is 15.6 Å². The Morgan fingerprint density at radius 3 is 2.46 bits per heavy atom. The first-order valence-electron chi connectivity index (χ1n) is 8.31. The number of carbonyl (C=O) groups is 1. The van der Waals surface area contributed by atoms with Crippen LogP contribution >= 0.6 is 12.2 Å². The predicted molar refractivity (Wildman–Crippen MR) is 106 cm³/mol. The molecule has 1 atom stereocenters. The molecule has 2 aromatic carbocycles. The Labute approximate surface area is 158 Å². The van der Waals surface area contributed by atoms with E-state index >= 15 is 0 Å². The fourth-order valence-electron chi connectivity index (χ4n) is 2.14. The summed E-state index contributed by atoms with van der Waals surface area (Å²) >= 11 is 5.16. The van der Waals surface area contributed by atoms with Crippen molar-refractivity contribution >= 4 is 28.9 Å². The highest BCUT2D eigenvalue weighted by atomic mass is 32.1. The van der Waals surface area contributed by atoms with Gasteiger partial charge in [-0.05, 0) is 75.0 Å². The first kappa shape index (κ1) is 19.5. The van der Waals surface area contributed by atoms with Crippen LogP contribution in [0.15, 0.2) is 48.5 Å². The number of aryl methyl sites for hydroxylation is 1. The molecular weight excluding hydrogens is 350 g/mol. The van der Waals surface area contributed by atoms with Crippen LogP contribution in [-0.4, -0.2) is 23.7 Å². The molecule has 26 heavy (non-hydrogen) atoms. The lowest BCUT2D eigenvalue weighted by atomic mass is 10.2. The van der Waals surface area contributed by atoms with Gasteiger partial charge in [-0.25, -0.2) is 0 Å². The number of hydrogen-bond donors (Lipinski definition) is 3. The lowest BCUT2D eigenvalue weighted by molar-refractivity contribution is -0.127. The number of thiocarbonyl (C=S) groups is 1. The minimum atomic E-state index is -0.692. The third-order valence-electron chi connectivity index (χ3n) is 3.39. The highest BCUT2D eigenvalue weighted by molar-refractivity contribution is 7.80. The lowest BCUT2D eigenvalue weighted by Crippen LogP contribution is -2.48. The fourth-order valence-corrected chi connectivity index (χ4v) is 2.31. The normalized spacial score (nSPS) is 11.2. The molecule has 0 aromatic heterocycles. The molecule has 3 N–H and O–H groups in total. The van der Waals surface area contributed by atoms with E-state index in [1.165, 1.54) is 0 Å². The Balaban J connectivity index is 1.78. The van der Waals surface area contributed by atoms with Crippen molar-refractivity contribution in [3.8, 4) is 11.5 Å². The number of anilines is 1. The van der Waals surface area contributed by atoms with Gasteiger partial charge in [-0.1, -0.05) is 12.1 Å². The van der Waals surface area contributed by atoms with Gasteiger partial charge in [0.2, 0.25) is 0 Å². The molecule has 2 rings (SSSR count). The van der Waals surface area contributed by atoms with E-state index in [2.05, 4.69) is 16.2 Å². The van der Waals surface area contributed by atoms with E-state index in [4.69, 9.17) is 21.7 Å². The SMILES string of the molecule is CCOc1ccc(O[C@@H](C)C(=O)NNC(=S)Nc2cccc(C)c2)cc1. The minimum Gasteiger partial charge on any atom is -0.494 e. The van der Waals surface area contributed by atoms with Crippen molar-refractivity contribution in [3.05, 3.63) is 54.1 Å². The zero-order chi connectivity index (χ0) is 18.9. The number of amides is 1. The second-order valence-corrected chi connectivity index (χ2v) is 6.01. The summed E-state index contributed by atoms with van der Waals surface area (Å²) in [5.41, 5.74) is 7.14. The maximum Gasteiger partial charge on any atom is 0.279 e. The molecule has 0 aliphatic carbocycles. The van der Waals surface area contributed by atoms with E-state index < -0.39 is 6.10 Å². The van der Waals surface area contributed by atoms with Gasteiger partial charge in [0.05, 0.1) is 6.61 Å². The highest BCUT2D eigenvalue weighted by Crippen LogP contribution is 2.18. The number of hydrogen-bond acceptors (Lipinski definition) is 4. The molecule has 7 heteroatoms. The topological polar surface area (TPSA) is 71.6 Å². The van der Waals surface area contributed by atoms with Gasteiger partial charge < -0.3 is 14.8 Å². The standard InChI is InChI=1S/C19H23N3O3S/c1-4-24-16-8-10-17(11-9-16)25-14(3)18(23)21-22-19(26)20-15-7-5-6-13(2)12-15/h5-12,14H,4H2,1-3H3,(H,21,23)(H2,20,22,26)/t14-/m0/s1. The lowest BCUT2D eigenvalue weighted by Gasteiger charge is -2.17. The maximum absolute atomic E-state index is 12.1. The number of nitrogens with one attached hydrogen (secondary N) is 3. The molecular formula is C19H23N3O3S. The second-order valence-electron chi connectivity index (χ2n) is 5.60. The molecule has 2 aromatic rings. The summed E-state index contributed by atoms with van der Waals surface area (Å²) in [5.74, 6) is 0.995. The van der Waals surface area contributed by atoms with Gasteiger partial charge in [0, 0.05) is 5.69 Å². The third-order valence-corrected chi connectivity index (χ3v) is 3.60. The molecule has 0 radical (unpaired) electrons. The molecule has 0 heterocycles. The first-order chi connectivity index (χ1) is 12.5. The van der Waals surface area contributed by atoms with Crippen molar-refractivity contribution in [2.24, 2.45) is 0 Å². The molecule has 6 nitrogen and oxygen atoms in total. The van der Waals surface area contributed by atoms with Crippen LogP contribution < -0.4 is 25.6 Å². The summed E-state index contributed by atoms with van der Waals surface area (Å²) in [6, 6.07) is 14.9. The summed E-state index contributed by atoms with van der Waals surface area (Å²) in [4.78, 5) is 12.1. The van der Waals surface area contributed by atoms with Crippen LogP contribution in [0.2, 0.25) is 0 Å². The largest absolute Gasteiger partial charge is 0.494 e. The van der Waals surface area contributed by atoms with Crippen LogP contribution in [0.25, 0.3) is 0 Å². The van der Waals surface area contributed by atoms with Crippen LogP contribution in [0.1, 0.15) is 19.4 Å². The Kier molecular flexibility index (Phi) is 7.23. The summed E-state index contributed by atoms with van der Waals surface area (Å²) in [6.07, 6.45) is -0.692. The number of carbonyl (C=O) groups excluding carboxylic acids is 1. The molecule has 0 fully saturated rings. The van der Waals surface area contributed by atoms with E-state index in [9.17, 15) is 4.79 Å². The number of ether oxygens (including phenoxy) is 2. The smallest absolute Gasteiger partial charge is 0.279 e. The average Bonchev–Trinajstić information content (AvgIpc) is 2.61. The third kappa shape index (κ3) is 6.25. The van der Waals surface area contributed by atoms with E-state index in [0.29, 0.717) is 12.4 Å². The van der Waals surface area contributed by atoms with Gasteiger partial charge >= 0.3 is 0 Å². The van der Waals surface area contributed by atoms with Crippen molar-refractivity contribution < 1.29 is 14.3 Å². The summed E-state index contributed by atoms with van der Waals surface area (Å²) < 4.78 is 11.0. The van der Waals surface area contributed by atoms with Gasteiger partial charge in [0.1, 0.15) is 11.5 Å². The van der Waals surface area contributed by atoms with Crippen LogP contribution in [0.4, 0.5) is 5.69 Å². The molecule has 0 spiro atoms.